The Morgan fingerprint density at radius 3 is 2.53 bits per heavy atom. The summed E-state index contributed by atoms with van der Waals surface area (Å²) in [5, 5.41) is 9.54. The summed E-state index contributed by atoms with van der Waals surface area (Å²) in [5.74, 6) is 0.885. The van der Waals surface area contributed by atoms with Gasteiger partial charge in [0.05, 0.1) is 6.10 Å². The molecule has 0 bridgehead atoms. The average molecular weight is 276 g/mol. The normalized spacial score (nSPS) is 12.4. The van der Waals surface area contributed by atoms with Gasteiger partial charge in [0.15, 0.2) is 0 Å². The van der Waals surface area contributed by atoms with Crippen LogP contribution in [0.15, 0.2) is 30.3 Å². The molecule has 0 saturated carbocycles. The topological polar surface area (TPSA) is 29.5 Å². The Hall–Kier alpha value is -1.32. The van der Waals surface area contributed by atoms with E-state index in [1.54, 1.807) is 18.3 Å². The number of aliphatic hydroxyl groups is 1. The van der Waals surface area contributed by atoms with Crippen LogP contribution in [0.4, 0.5) is 0 Å². The van der Waals surface area contributed by atoms with Gasteiger partial charge in [-0.1, -0.05) is 13.0 Å². The molecule has 0 aliphatic carbocycles. The van der Waals surface area contributed by atoms with Crippen molar-refractivity contribution in [3.63, 3.8) is 0 Å². The second-order valence-electron chi connectivity index (χ2n) is 4.71. The number of benzene rings is 1. The van der Waals surface area contributed by atoms with Gasteiger partial charge in [0.2, 0.25) is 0 Å². The summed E-state index contributed by atoms with van der Waals surface area (Å²) >= 11 is 1.80. The first-order chi connectivity index (χ1) is 9.10. The van der Waals surface area contributed by atoms with Gasteiger partial charge in [-0.25, -0.2) is 0 Å². The van der Waals surface area contributed by atoms with Crippen molar-refractivity contribution in [2.45, 2.75) is 39.9 Å². The molecule has 0 fully saturated rings. The van der Waals surface area contributed by atoms with Gasteiger partial charge in [-0.2, -0.15) is 0 Å². The van der Waals surface area contributed by atoms with E-state index < -0.39 is 6.10 Å². The molecule has 0 aliphatic heterocycles. The Labute approximate surface area is 118 Å². The zero-order chi connectivity index (χ0) is 13.8. The summed E-state index contributed by atoms with van der Waals surface area (Å²) in [6.07, 6.45) is 0.643. The molecule has 0 spiro atoms. The minimum Gasteiger partial charge on any atom is -0.488 e. The average Bonchev–Trinajstić information content (AvgIpc) is 2.85. The molecule has 0 aliphatic rings. The largest absolute Gasteiger partial charge is 0.488 e. The molecule has 102 valence electrons. The summed E-state index contributed by atoms with van der Waals surface area (Å²) in [5.41, 5.74) is 1.99. The Balaban J connectivity index is 2.03. The van der Waals surface area contributed by atoms with Crippen molar-refractivity contribution in [3.05, 3.63) is 51.2 Å². The number of hydrogen-bond acceptors (Lipinski definition) is 3. The van der Waals surface area contributed by atoms with Crippen LogP contribution < -0.4 is 4.74 Å². The summed E-state index contributed by atoms with van der Waals surface area (Å²) in [7, 11) is 0. The monoisotopic (exact) mass is 276 g/mol. The highest BCUT2D eigenvalue weighted by molar-refractivity contribution is 7.11. The van der Waals surface area contributed by atoms with E-state index in [0.717, 1.165) is 23.3 Å². The third kappa shape index (κ3) is 3.58. The van der Waals surface area contributed by atoms with E-state index in [2.05, 4.69) is 19.1 Å². The quantitative estimate of drug-likeness (QED) is 0.884. The number of aliphatic hydroxyl groups excluding tert-OH is 1. The SMILES string of the molecule is CCc1ccc(COc2ccc(C(C)O)cc2C)s1. The fourth-order valence-electron chi connectivity index (χ4n) is 1.93. The maximum Gasteiger partial charge on any atom is 0.122 e. The van der Waals surface area contributed by atoms with Crippen molar-refractivity contribution in [1.29, 1.82) is 0 Å². The first-order valence-electron chi connectivity index (χ1n) is 6.59. The maximum atomic E-state index is 9.54. The summed E-state index contributed by atoms with van der Waals surface area (Å²) in [6, 6.07) is 10.1. The molecular formula is C16H20O2S. The van der Waals surface area contributed by atoms with Crippen LogP contribution in [-0.4, -0.2) is 5.11 Å². The number of ether oxygens (including phenoxy) is 1. The number of hydrogen-bond donors (Lipinski definition) is 1. The third-order valence-corrected chi connectivity index (χ3v) is 4.32. The fraction of sp³-hybridized carbons (Fsp3) is 0.375. The van der Waals surface area contributed by atoms with Crippen molar-refractivity contribution in [2.75, 3.05) is 0 Å². The van der Waals surface area contributed by atoms with Crippen LogP contribution in [0, 0.1) is 6.92 Å². The molecule has 1 N–H and O–H groups in total. The van der Waals surface area contributed by atoms with Crippen LogP contribution >= 0.6 is 11.3 Å². The Morgan fingerprint density at radius 1 is 1.21 bits per heavy atom. The van der Waals surface area contributed by atoms with E-state index in [1.807, 2.05) is 25.1 Å². The first-order valence-corrected chi connectivity index (χ1v) is 7.40. The smallest absolute Gasteiger partial charge is 0.122 e. The minimum absolute atomic E-state index is 0.433. The maximum absolute atomic E-state index is 9.54. The zero-order valence-corrected chi connectivity index (χ0v) is 12.5. The van der Waals surface area contributed by atoms with Crippen molar-refractivity contribution < 1.29 is 9.84 Å². The molecule has 2 nitrogen and oxygen atoms in total. The van der Waals surface area contributed by atoms with Gasteiger partial charge < -0.3 is 9.84 Å². The lowest BCUT2D eigenvalue weighted by atomic mass is 10.1. The van der Waals surface area contributed by atoms with E-state index in [4.69, 9.17) is 4.74 Å². The molecule has 3 heteroatoms. The summed E-state index contributed by atoms with van der Waals surface area (Å²) in [4.78, 5) is 2.63. The Bertz CT molecular complexity index is 543. The van der Waals surface area contributed by atoms with Gasteiger partial charge in [0.25, 0.3) is 0 Å². The molecule has 2 aromatic rings. The van der Waals surface area contributed by atoms with E-state index in [9.17, 15) is 5.11 Å². The van der Waals surface area contributed by atoms with Crippen molar-refractivity contribution >= 4 is 11.3 Å². The number of rotatable bonds is 5. The van der Waals surface area contributed by atoms with E-state index in [-0.39, 0.29) is 0 Å². The van der Waals surface area contributed by atoms with Crippen molar-refractivity contribution in [3.8, 4) is 5.75 Å². The third-order valence-electron chi connectivity index (χ3n) is 3.12. The molecule has 1 heterocycles. The van der Waals surface area contributed by atoms with Gasteiger partial charge in [-0.3, -0.25) is 0 Å². The zero-order valence-electron chi connectivity index (χ0n) is 11.6. The highest BCUT2D eigenvalue weighted by Gasteiger charge is 2.06. The molecule has 0 amide bonds. The van der Waals surface area contributed by atoms with Gasteiger partial charge in [-0.05, 0) is 55.7 Å². The molecule has 19 heavy (non-hydrogen) atoms. The van der Waals surface area contributed by atoms with Crippen LogP contribution in [0.5, 0.6) is 5.75 Å². The van der Waals surface area contributed by atoms with Crippen molar-refractivity contribution in [1.82, 2.24) is 0 Å². The predicted molar refractivity (Wildman–Crippen MR) is 79.8 cm³/mol. The molecule has 1 atom stereocenters. The van der Waals surface area contributed by atoms with Crippen LogP contribution in [0.3, 0.4) is 0 Å². The van der Waals surface area contributed by atoms with Crippen LogP contribution in [0.25, 0.3) is 0 Å². The molecule has 0 saturated heterocycles. The highest BCUT2D eigenvalue weighted by Crippen LogP contribution is 2.25. The first kappa shape index (κ1) is 14.1. The minimum atomic E-state index is -0.433. The second kappa shape index (κ2) is 6.22. The van der Waals surface area contributed by atoms with Crippen LogP contribution in [0.1, 0.15) is 40.8 Å². The van der Waals surface area contributed by atoms with E-state index in [0.29, 0.717) is 6.61 Å². The van der Waals surface area contributed by atoms with Crippen LogP contribution in [0.2, 0.25) is 0 Å². The molecule has 1 aromatic carbocycles. The van der Waals surface area contributed by atoms with Crippen LogP contribution in [-0.2, 0) is 13.0 Å². The van der Waals surface area contributed by atoms with Gasteiger partial charge in [0.1, 0.15) is 12.4 Å². The molecular weight excluding hydrogens is 256 g/mol. The standard InChI is InChI=1S/C16H20O2S/c1-4-14-6-7-15(19-14)10-18-16-8-5-13(12(3)17)9-11(16)2/h5-9,12,17H,4,10H2,1-3H3. The number of aryl methyl sites for hydroxylation is 2. The molecule has 2 rings (SSSR count). The molecule has 1 aromatic heterocycles. The lowest BCUT2D eigenvalue weighted by molar-refractivity contribution is 0.199. The van der Waals surface area contributed by atoms with Crippen molar-refractivity contribution in [2.24, 2.45) is 0 Å². The van der Waals surface area contributed by atoms with Gasteiger partial charge in [0, 0.05) is 9.75 Å². The Kier molecular flexibility index (Phi) is 4.61. The highest BCUT2D eigenvalue weighted by atomic mass is 32.1. The Morgan fingerprint density at radius 2 is 1.95 bits per heavy atom. The summed E-state index contributed by atoms with van der Waals surface area (Å²) in [6.45, 7) is 6.55. The number of thiophene rings is 1. The second-order valence-corrected chi connectivity index (χ2v) is 5.96. The lowest BCUT2D eigenvalue weighted by Crippen LogP contribution is -1.97. The van der Waals surface area contributed by atoms with Gasteiger partial charge >= 0.3 is 0 Å². The predicted octanol–water partition coefficient (Wildman–Crippen LogP) is 4.25. The lowest BCUT2D eigenvalue weighted by Gasteiger charge is -2.11. The molecule has 0 radical (unpaired) electrons. The van der Waals surface area contributed by atoms with Gasteiger partial charge in [-0.15, -0.1) is 11.3 Å². The summed E-state index contributed by atoms with van der Waals surface area (Å²) < 4.78 is 5.84. The van der Waals surface area contributed by atoms with E-state index >= 15 is 0 Å². The van der Waals surface area contributed by atoms with E-state index in [1.165, 1.54) is 9.75 Å². The molecule has 1 unspecified atom stereocenters. The fourth-order valence-corrected chi connectivity index (χ4v) is 2.80.